The monoisotopic (exact) mass is 311 g/mol. The minimum atomic E-state index is 0.265. The van der Waals surface area contributed by atoms with Gasteiger partial charge in [-0.25, -0.2) is 4.68 Å². The highest BCUT2D eigenvalue weighted by Gasteiger charge is 2.27. The highest BCUT2D eigenvalue weighted by Crippen LogP contribution is 2.29. The van der Waals surface area contributed by atoms with Crippen LogP contribution in [0.4, 0.5) is 0 Å². The maximum Gasteiger partial charge on any atom is 0.0804 e. The Morgan fingerprint density at radius 1 is 1.09 bits per heavy atom. The van der Waals surface area contributed by atoms with Crippen LogP contribution < -0.4 is 0 Å². The maximum atomic E-state index is 9.65. The summed E-state index contributed by atoms with van der Waals surface area (Å²) in [5.41, 5.74) is 5.23. The first-order chi connectivity index (χ1) is 11.4. The summed E-state index contributed by atoms with van der Waals surface area (Å²) >= 11 is 0. The zero-order valence-corrected chi connectivity index (χ0v) is 13.6. The Labute approximate surface area is 137 Å². The summed E-state index contributed by atoms with van der Waals surface area (Å²) in [6, 6.07) is 10.8. The van der Waals surface area contributed by atoms with Gasteiger partial charge in [0, 0.05) is 18.3 Å². The summed E-state index contributed by atoms with van der Waals surface area (Å²) in [5.74, 6) is 0. The SMILES string of the molecule is OCC1CCCCN1Cc1nn(-c2ccccc2)c2c1CCC2. The van der Waals surface area contributed by atoms with Gasteiger partial charge in [-0.2, -0.15) is 5.10 Å². The molecule has 4 nitrogen and oxygen atoms in total. The second-order valence-corrected chi connectivity index (χ2v) is 6.78. The summed E-state index contributed by atoms with van der Waals surface area (Å²) < 4.78 is 2.15. The summed E-state index contributed by atoms with van der Waals surface area (Å²) in [4.78, 5) is 2.43. The van der Waals surface area contributed by atoms with Crippen LogP contribution in [0.15, 0.2) is 30.3 Å². The fourth-order valence-electron chi connectivity index (χ4n) is 4.09. The van der Waals surface area contributed by atoms with Crippen LogP contribution >= 0.6 is 0 Å². The molecule has 1 aliphatic heterocycles. The van der Waals surface area contributed by atoms with E-state index in [1.807, 2.05) is 6.07 Å². The van der Waals surface area contributed by atoms with Crippen LogP contribution in [0.2, 0.25) is 0 Å². The zero-order chi connectivity index (χ0) is 15.6. The molecule has 23 heavy (non-hydrogen) atoms. The molecule has 1 N–H and O–H groups in total. The normalized spacial score (nSPS) is 21.5. The first-order valence-electron chi connectivity index (χ1n) is 8.87. The highest BCUT2D eigenvalue weighted by molar-refractivity contribution is 5.39. The quantitative estimate of drug-likeness (QED) is 0.944. The van der Waals surface area contributed by atoms with Gasteiger partial charge in [0.25, 0.3) is 0 Å². The van der Waals surface area contributed by atoms with Gasteiger partial charge in [-0.3, -0.25) is 4.90 Å². The van der Waals surface area contributed by atoms with E-state index in [1.54, 1.807) is 0 Å². The van der Waals surface area contributed by atoms with E-state index in [9.17, 15) is 5.11 Å². The number of hydrogen-bond donors (Lipinski definition) is 1. The minimum absolute atomic E-state index is 0.265. The fraction of sp³-hybridized carbons (Fsp3) is 0.526. The van der Waals surface area contributed by atoms with Crippen molar-refractivity contribution in [2.24, 2.45) is 0 Å². The second kappa shape index (κ2) is 6.46. The number of aromatic nitrogens is 2. The van der Waals surface area contributed by atoms with E-state index in [0.717, 1.165) is 38.0 Å². The van der Waals surface area contributed by atoms with E-state index < -0.39 is 0 Å². The van der Waals surface area contributed by atoms with Crippen molar-refractivity contribution in [3.05, 3.63) is 47.3 Å². The Kier molecular flexibility index (Phi) is 4.19. The Morgan fingerprint density at radius 3 is 2.78 bits per heavy atom. The number of benzene rings is 1. The molecule has 0 radical (unpaired) electrons. The largest absolute Gasteiger partial charge is 0.395 e. The lowest BCUT2D eigenvalue weighted by atomic mass is 10.0. The van der Waals surface area contributed by atoms with E-state index in [0.29, 0.717) is 6.04 Å². The van der Waals surface area contributed by atoms with Gasteiger partial charge in [0.1, 0.15) is 0 Å². The van der Waals surface area contributed by atoms with Crippen molar-refractivity contribution in [3.8, 4) is 5.69 Å². The predicted octanol–water partition coefficient (Wildman–Crippen LogP) is 2.71. The summed E-state index contributed by atoms with van der Waals surface area (Å²) in [7, 11) is 0. The third-order valence-electron chi connectivity index (χ3n) is 5.33. The van der Waals surface area contributed by atoms with Crippen molar-refractivity contribution in [2.45, 2.75) is 51.1 Å². The van der Waals surface area contributed by atoms with Crippen molar-refractivity contribution in [3.63, 3.8) is 0 Å². The van der Waals surface area contributed by atoms with E-state index >= 15 is 0 Å². The first-order valence-corrected chi connectivity index (χ1v) is 8.87. The molecule has 122 valence electrons. The van der Waals surface area contributed by atoms with Gasteiger partial charge in [-0.05, 0) is 56.3 Å². The molecular weight excluding hydrogens is 286 g/mol. The van der Waals surface area contributed by atoms with Gasteiger partial charge in [-0.15, -0.1) is 0 Å². The minimum Gasteiger partial charge on any atom is -0.395 e. The van der Waals surface area contributed by atoms with Crippen molar-refractivity contribution in [1.29, 1.82) is 0 Å². The molecule has 0 spiro atoms. The van der Waals surface area contributed by atoms with Gasteiger partial charge in [0.2, 0.25) is 0 Å². The fourth-order valence-corrected chi connectivity index (χ4v) is 4.09. The smallest absolute Gasteiger partial charge is 0.0804 e. The van der Waals surface area contributed by atoms with Gasteiger partial charge in [0.05, 0.1) is 18.0 Å². The Bertz CT molecular complexity index is 665. The molecule has 0 saturated carbocycles. The molecule has 1 fully saturated rings. The first kappa shape index (κ1) is 14.9. The van der Waals surface area contributed by atoms with Crippen molar-refractivity contribution >= 4 is 0 Å². The maximum absolute atomic E-state index is 9.65. The van der Waals surface area contributed by atoms with Crippen molar-refractivity contribution in [1.82, 2.24) is 14.7 Å². The Balaban J connectivity index is 1.65. The third-order valence-corrected chi connectivity index (χ3v) is 5.33. The van der Waals surface area contributed by atoms with Gasteiger partial charge in [-0.1, -0.05) is 24.6 Å². The van der Waals surface area contributed by atoms with Crippen LogP contribution in [0.5, 0.6) is 0 Å². The molecule has 1 saturated heterocycles. The third kappa shape index (κ3) is 2.81. The predicted molar refractivity (Wildman–Crippen MR) is 90.7 cm³/mol. The molecule has 1 unspecified atom stereocenters. The van der Waals surface area contributed by atoms with Crippen LogP contribution in [0, 0.1) is 0 Å². The number of likely N-dealkylation sites (tertiary alicyclic amines) is 1. The zero-order valence-electron chi connectivity index (χ0n) is 13.6. The van der Waals surface area contributed by atoms with E-state index in [2.05, 4.69) is 33.8 Å². The number of aliphatic hydroxyl groups is 1. The molecule has 2 aliphatic rings. The molecule has 1 atom stereocenters. The highest BCUT2D eigenvalue weighted by atomic mass is 16.3. The molecule has 4 heteroatoms. The molecule has 1 aromatic carbocycles. The summed E-state index contributed by atoms with van der Waals surface area (Å²) in [6.07, 6.45) is 7.08. The van der Waals surface area contributed by atoms with Gasteiger partial charge in [0.15, 0.2) is 0 Å². The molecule has 2 heterocycles. The topological polar surface area (TPSA) is 41.3 Å². The second-order valence-electron chi connectivity index (χ2n) is 6.78. The molecule has 1 aromatic heterocycles. The van der Waals surface area contributed by atoms with Gasteiger partial charge >= 0.3 is 0 Å². The van der Waals surface area contributed by atoms with E-state index in [1.165, 1.54) is 36.2 Å². The average Bonchev–Trinajstić information content (AvgIpc) is 3.20. The van der Waals surface area contributed by atoms with Crippen LogP contribution in [0.25, 0.3) is 5.69 Å². The number of fused-ring (bicyclic) bond motifs is 1. The lowest BCUT2D eigenvalue weighted by molar-refractivity contribution is 0.0828. The number of para-hydroxylation sites is 1. The van der Waals surface area contributed by atoms with Crippen molar-refractivity contribution in [2.75, 3.05) is 13.2 Å². The molecular formula is C19H25N3O. The number of piperidine rings is 1. The van der Waals surface area contributed by atoms with Crippen molar-refractivity contribution < 1.29 is 5.11 Å². The average molecular weight is 311 g/mol. The van der Waals surface area contributed by atoms with E-state index in [-0.39, 0.29) is 6.61 Å². The number of aliphatic hydroxyl groups excluding tert-OH is 1. The molecule has 0 amide bonds. The van der Waals surface area contributed by atoms with Crippen LogP contribution in [-0.4, -0.2) is 39.0 Å². The molecule has 2 aromatic rings. The van der Waals surface area contributed by atoms with E-state index in [4.69, 9.17) is 5.10 Å². The number of rotatable bonds is 4. The number of hydrogen-bond acceptors (Lipinski definition) is 3. The van der Waals surface area contributed by atoms with Gasteiger partial charge < -0.3 is 5.11 Å². The van der Waals surface area contributed by atoms with Crippen LogP contribution in [0.3, 0.4) is 0 Å². The summed E-state index contributed by atoms with van der Waals surface area (Å²) in [5, 5.41) is 14.6. The number of nitrogens with zero attached hydrogens (tertiary/aromatic N) is 3. The Morgan fingerprint density at radius 2 is 1.96 bits per heavy atom. The molecule has 0 bridgehead atoms. The van der Waals surface area contributed by atoms with Crippen LogP contribution in [-0.2, 0) is 19.4 Å². The van der Waals surface area contributed by atoms with Crippen LogP contribution in [0.1, 0.15) is 42.6 Å². The standard InChI is InChI=1S/C19H25N3O/c23-14-16-9-4-5-12-21(16)13-18-17-10-6-11-19(17)22(20-18)15-7-2-1-3-8-15/h1-3,7-8,16,23H,4-6,9-14H2. The Hall–Kier alpha value is -1.65. The lowest BCUT2D eigenvalue weighted by Gasteiger charge is -2.34. The summed E-state index contributed by atoms with van der Waals surface area (Å²) in [6.45, 7) is 2.23. The lowest BCUT2D eigenvalue weighted by Crippen LogP contribution is -2.41. The molecule has 1 aliphatic carbocycles. The molecule has 4 rings (SSSR count).